The van der Waals surface area contributed by atoms with Gasteiger partial charge in [-0.25, -0.2) is 0 Å². The SMILES string of the molecule is CC1CCCN(C(=O)CN2CCN(C)CC2)C1. The number of carbonyl (C=O) groups is 1. The first-order chi connectivity index (χ1) is 8.15. The van der Waals surface area contributed by atoms with Crippen LogP contribution in [-0.4, -0.2) is 73.5 Å². The molecule has 0 aliphatic carbocycles. The maximum atomic E-state index is 12.2. The number of piperazine rings is 1. The zero-order chi connectivity index (χ0) is 12.3. The molecule has 2 saturated heterocycles. The van der Waals surface area contributed by atoms with Crippen LogP contribution in [0.4, 0.5) is 0 Å². The first kappa shape index (κ1) is 12.8. The predicted octanol–water partition coefficient (Wildman–Crippen LogP) is 0.492. The van der Waals surface area contributed by atoms with Crippen molar-refractivity contribution < 1.29 is 4.79 Å². The Balaban J connectivity index is 1.76. The molecule has 0 spiro atoms. The van der Waals surface area contributed by atoms with Crippen molar-refractivity contribution in [2.24, 2.45) is 5.92 Å². The Kier molecular flexibility index (Phi) is 4.40. The van der Waals surface area contributed by atoms with Crippen molar-refractivity contribution in [1.82, 2.24) is 14.7 Å². The highest BCUT2D eigenvalue weighted by atomic mass is 16.2. The summed E-state index contributed by atoms with van der Waals surface area (Å²) < 4.78 is 0. The van der Waals surface area contributed by atoms with E-state index in [1.807, 2.05) is 0 Å². The van der Waals surface area contributed by atoms with Crippen molar-refractivity contribution in [2.45, 2.75) is 19.8 Å². The van der Waals surface area contributed by atoms with Gasteiger partial charge >= 0.3 is 0 Å². The van der Waals surface area contributed by atoms with E-state index in [0.717, 1.165) is 39.3 Å². The van der Waals surface area contributed by atoms with Gasteiger partial charge in [0.05, 0.1) is 6.54 Å². The van der Waals surface area contributed by atoms with Crippen molar-refractivity contribution in [1.29, 1.82) is 0 Å². The van der Waals surface area contributed by atoms with Crippen LogP contribution in [-0.2, 0) is 4.79 Å². The van der Waals surface area contributed by atoms with E-state index in [9.17, 15) is 4.79 Å². The average Bonchev–Trinajstić information content (AvgIpc) is 2.32. The zero-order valence-electron chi connectivity index (χ0n) is 11.2. The van der Waals surface area contributed by atoms with Gasteiger partial charge in [-0.1, -0.05) is 6.92 Å². The molecule has 1 amide bonds. The van der Waals surface area contributed by atoms with Gasteiger partial charge in [0.25, 0.3) is 0 Å². The van der Waals surface area contributed by atoms with Gasteiger partial charge < -0.3 is 9.80 Å². The van der Waals surface area contributed by atoms with E-state index < -0.39 is 0 Å². The third-order valence-electron chi connectivity index (χ3n) is 3.96. The van der Waals surface area contributed by atoms with Gasteiger partial charge in [-0.3, -0.25) is 9.69 Å². The molecule has 98 valence electrons. The van der Waals surface area contributed by atoms with Crippen molar-refractivity contribution in [2.75, 3.05) is 52.9 Å². The van der Waals surface area contributed by atoms with Crippen LogP contribution in [0.5, 0.6) is 0 Å². The molecular formula is C13H25N3O. The van der Waals surface area contributed by atoms with E-state index in [1.165, 1.54) is 12.8 Å². The third kappa shape index (κ3) is 3.68. The van der Waals surface area contributed by atoms with Gasteiger partial charge in [-0.2, -0.15) is 0 Å². The Morgan fingerprint density at radius 1 is 1.18 bits per heavy atom. The monoisotopic (exact) mass is 239 g/mol. The minimum absolute atomic E-state index is 0.334. The Labute approximate surface area is 105 Å². The summed E-state index contributed by atoms with van der Waals surface area (Å²) in [5.74, 6) is 1.02. The second-order valence-electron chi connectivity index (χ2n) is 5.67. The van der Waals surface area contributed by atoms with E-state index in [4.69, 9.17) is 0 Å². The molecule has 0 saturated carbocycles. The van der Waals surface area contributed by atoms with Crippen molar-refractivity contribution in [3.8, 4) is 0 Å². The van der Waals surface area contributed by atoms with Gasteiger partial charge in [-0.05, 0) is 25.8 Å². The number of amides is 1. The molecule has 0 bridgehead atoms. The smallest absolute Gasteiger partial charge is 0.236 e. The highest BCUT2D eigenvalue weighted by Gasteiger charge is 2.23. The standard InChI is InChI=1S/C13H25N3O/c1-12-4-3-5-16(10-12)13(17)11-15-8-6-14(2)7-9-15/h12H,3-11H2,1-2H3. The van der Waals surface area contributed by atoms with Gasteiger partial charge in [0.2, 0.25) is 5.91 Å². The van der Waals surface area contributed by atoms with Crippen molar-refractivity contribution >= 4 is 5.91 Å². The Hall–Kier alpha value is -0.610. The normalized spacial score (nSPS) is 28.4. The summed E-state index contributed by atoms with van der Waals surface area (Å²) in [4.78, 5) is 18.8. The number of piperidine rings is 1. The molecule has 0 aromatic rings. The van der Waals surface area contributed by atoms with Gasteiger partial charge in [-0.15, -0.1) is 0 Å². The molecule has 4 heteroatoms. The lowest BCUT2D eigenvalue weighted by atomic mass is 10.0. The summed E-state index contributed by atoms with van der Waals surface area (Å²) in [6, 6.07) is 0. The minimum Gasteiger partial charge on any atom is -0.341 e. The second kappa shape index (κ2) is 5.83. The molecule has 2 aliphatic heterocycles. The van der Waals surface area contributed by atoms with Crippen molar-refractivity contribution in [3.63, 3.8) is 0 Å². The topological polar surface area (TPSA) is 26.8 Å². The Bertz CT molecular complexity index is 261. The van der Waals surface area contributed by atoms with Crippen LogP contribution >= 0.6 is 0 Å². The lowest BCUT2D eigenvalue weighted by Crippen LogP contribution is -2.50. The van der Waals surface area contributed by atoms with Crippen LogP contribution in [0.15, 0.2) is 0 Å². The lowest BCUT2D eigenvalue weighted by molar-refractivity contribution is -0.134. The van der Waals surface area contributed by atoms with E-state index in [1.54, 1.807) is 0 Å². The fourth-order valence-corrected chi connectivity index (χ4v) is 2.71. The van der Waals surface area contributed by atoms with E-state index in [-0.39, 0.29) is 0 Å². The molecule has 0 radical (unpaired) electrons. The number of nitrogens with zero attached hydrogens (tertiary/aromatic N) is 3. The van der Waals surface area contributed by atoms with Crippen molar-refractivity contribution in [3.05, 3.63) is 0 Å². The van der Waals surface area contributed by atoms with Gasteiger partial charge in [0.1, 0.15) is 0 Å². The summed E-state index contributed by atoms with van der Waals surface area (Å²) >= 11 is 0. The first-order valence-corrected chi connectivity index (χ1v) is 6.84. The van der Waals surface area contributed by atoms with Crippen LogP contribution in [0.25, 0.3) is 0 Å². The number of carbonyl (C=O) groups excluding carboxylic acids is 1. The third-order valence-corrected chi connectivity index (χ3v) is 3.96. The highest BCUT2D eigenvalue weighted by Crippen LogP contribution is 2.15. The largest absolute Gasteiger partial charge is 0.341 e. The number of rotatable bonds is 2. The van der Waals surface area contributed by atoms with Crippen LogP contribution in [0.2, 0.25) is 0 Å². The average molecular weight is 239 g/mol. The molecule has 0 aromatic heterocycles. The highest BCUT2D eigenvalue weighted by molar-refractivity contribution is 5.78. The zero-order valence-corrected chi connectivity index (χ0v) is 11.2. The lowest BCUT2D eigenvalue weighted by Gasteiger charge is -2.35. The van der Waals surface area contributed by atoms with Crippen LogP contribution in [0.3, 0.4) is 0 Å². The van der Waals surface area contributed by atoms with E-state index in [2.05, 4.69) is 28.7 Å². The van der Waals surface area contributed by atoms with Crippen LogP contribution in [0, 0.1) is 5.92 Å². The molecule has 17 heavy (non-hydrogen) atoms. The van der Waals surface area contributed by atoms with Gasteiger partial charge in [0, 0.05) is 39.3 Å². The molecule has 2 fully saturated rings. The summed E-state index contributed by atoms with van der Waals surface area (Å²) in [6.07, 6.45) is 2.45. The maximum absolute atomic E-state index is 12.2. The van der Waals surface area contributed by atoms with Crippen LogP contribution < -0.4 is 0 Å². The maximum Gasteiger partial charge on any atom is 0.236 e. The van der Waals surface area contributed by atoms with E-state index in [0.29, 0.717) is 18.4 Å². The molecule has 4 nitrogen and oxygen atoms in total. The second-order valence-corrected chi connectivity index (χ2v) is 5.67. The number of hydrogen-bond acceptors (Lipinski definition) is 3. The Morgan fingerprint density at radius 3 is 2.53 bits per heavy atom. The molecule has 2 rings (SSSR count). The molecule has 0 N–H and O–H groups in total. The molecule has 1 atom stereocenters. The Morgan fingerprint density at radius 2 is 1.88 bits per heavy atom. The molecule has 1 unspecified atom stereocenters. The predicted molar refractivity (Wildman–Crippen MR) is 68.9 cm³/mol. The minimum atomic E-state index is 0.334. The number of likely N-dealkylation sites (N-methyl/N-ethyl adjacent to an activating group) is 1. The summed E-state index contributed by atoms with van der Waals surface area (Å²) in [7, 11) is 2.14. The summed E-state index contributed by atoms with van der Waals surface area (Å²) in [6.45, 7) is 9.05. The quantitative estimate of drug-likeness (QED) is 0.702. The fraction of sp³-hybridized carbons (Fsp3) is 0.923. The van der Waals surface area contributed by atoms with E-state index >= 15 is 0 Å². The molecule has 2 aliphatic rings. The molecule has 2 heterocycles. The number of likely N-dealkylation sites (tertiary alicyclic amines) is 1. The molecular weight excluding hydrogens is 214 g/mol. The summed E-state index contributed by atoms with van der Waals surface area (Å²) in [5, 5.41) is 0. The summed E-state index contributed by atoms with van der Waals surface area (Å²) in [5.41, 5.74) is 0. The molecule has 0 aromatic carbocycles. The van der Waals surface area contributed by atoms with Gasteiger partial charge in [0.15, 0.2) is 0 Å². The number of hydrogen-bond donors (Lipinski definition) is 0. The first-order valence-electron chi connectivity index (χ1n) is 6.84. The fourth-order valence-electron chi connectivity index (χ4n) is 2.71. The van der Waals surface area contributed by atoms with Crippen LogP contribution in [0.1, 0.15) is 19.8 Å².